The van der Waals surface area contributed by atoms with E-state index in [1.807, 2.05) is 24.3 Å². The van der Waals surface area contributed by atoms with Crippen LogP contribution in [0.4, 0.5) is 10.5 Å². The zero-order valence-electron chi connectivity index (χ0n) is 17.7. The third kappa shape index (κ3) is 5.17. The molecular formula is C22H29N3O5. The summed E-state index contributed by atoms with van der Waals surface area (Å²) >= 11 is 0. The van der Waals surface area contributed by atoms with Gasteiger partial charge in [-0.15, -0.1) is 0 Å². The standard InChI is InChI=1S/C22H29N3O5/c1-22(2,3)30-21(29)25(12-13-26)17-10-11-24(14-17)16-6-4-15(5-7-16)18-8-9-19(27)23-20(18)28/h4-7,13,17-18H,8-12,14H2,1-3H3,(H,23,27,28)/t17-,18?/m0/s1. The zero-order valence-corrected chi connectivity index (χ0v) is 17.7. The minimum absolute atomic E-state index is 0.00185. The minimum Gasteiger partial charge on any atom is -0.444 e. The van der Waals surface area contributed by atoms with Gasteiger partial charge >= 0.3 is 6.09 Å². The third-order valence-corrected chi connectivity index (χ3v) is 5.40. The molecule has 0 aliphatic carbocycles. The van der Waals surface area contributed by atoms with Crippen LogP contribution in [0.5, 0.6) is 0 Å². The molecule has 3 rings (SSSR count). The molecule has 0 saturated carbocycles. The van der Waals surface area contributed by atoms with Gasteiger partial charge in [0.15, 0.2) is 0 Å². The van der Waals surface area contributed by atoms with Gasteiger partial charge in [-0.05, 0) is 51.3 Å². The van der Waals surface area contributed by atoms with Crippen LogP contribution in [0.1, 0.15) is 51.5 Å². The Balaban J connectivity index is 1.65. The molecule has 2 saturated heterocycles. The van der Waals surface area contributed by atoms with Crippen molar-refractivity contribution in [2.75, 3.05) is 24.5 Å². The SMILES string of the molecule is CC(C)(C)OC(=O)N(CC=O)[C@H]1CCN(c2ccc(C3CCC(=O)NC3=O)cc2)C1. The number of piperidine rings is 1. The number of ether oxygens (including phenoxy) is 1. The summed E-state index contributed by atoms with van der Waals surface area (Å²) in [6, 6.07) is 7.64. The average molecular weight is 415 g/mol. The van der Waals surface area contributed by atoms with Crippen LogP contribution in [0.25, 0.3) is 0 Å². The molecule has 1 N–H and O–H groups in total. The number of aldehydes is 1. The van der Waals surface area contributed by atoms with E-state index in [4.69, 9.17) is 4.74 Å². The van der Waals surface area contributed by atoms with E-state index < -0.39 is 11.7 Å². The number of amides is 3. The number of carbonyl (C=O) groups excluding carboxylic acids is 4. The van der Waals surface area contributed by atoms with Gasteiger partial charge < -0.3 is 14.4 Å². The maximum Gasteiger partial charge on any atom is 0.410 e. The second-order valence-electron chi connectivity index (χ2n) is 8.78. The Morgan fingerprint density at radius 1 is 1.23 bits per heavy atom. The monoisotopic (exact) mass is 415 g/mol. The van der Waals surface area contributed by atoms with Crippen LogP contribution in [0, 0.1) is 0 Å². The molecule has 1 aromatic carbocycles. The molecule has 8 nitrogen and oxygen atoms in total. The Morgan fingerprint density at radius 3 is 2.53 bits per heavy atom. The number of carbonyl (C=O) groups is 4. The number of benzene rings is 1. The first-order chi connectivity index (χ1) is 14.2. The molecule has 162 valence electrons. The number of rotatable bonds is 5. The van der Waals surface area contributed by atoms with Crippen molar-refractivity contribution in [2.45, 2.75) is 57.6 Å². The van der Waals surface area contributed by atoms with Gasteiger partial charge in [0.2, 0.25) is 11.8 Å². The highest BCUT2D eigenvalue weighted by Gasteiger charge is 2.33. The first-order valence-electron chi connectivity index (χ1n) is 10.3. The van der Waals surface area contributed by atoms with E-state index in [1.165, 1.54) is 4.90 Å². The molecule has 1 unspecified atom stereocenters. The number of anilines is 1. The Hall–Kier alpha value is -2.90. The molecule has 3 amide bonds. The van der Waals surface area contributed by atoms with Gasteiger partial charge in [0, 0.05) is 25.2 Å². The van der Waals surface area contributed by atoms with Gasteiger partial charge in [-0.3, -0.25) is 19.8 Å². The normalized spacial score (nSPS) is 21.9. The summed E-state index contributed by atoms with van der Waals surface area (Å²) in [7, 11) is 0. The minimum atomic E-state index is -0.623. The first kappa shape index (κ1) is 21.8. The largest absolute Gasteiger partial charge is 0.444 e. The predicted octanol–water partition coefficient (Wildman–Crippen LogP) is 2.22. The Labute approximate surface area is 176 Å². The number of imide groups is 1. The van der Waals surface area contributed by atoms with Crippen LogP contribution < -0.4 is 10.2 Å². The van der Waals surface area contributed by atoms with Crippen molar-refractivity contribution in [1.82, 2.24) is 10.2 Å². The van der Waals surface area contributed by atoms with Crippen molar-refractivity contribution in [3.8, 4) is 0 Å². The molecule has 2 fully saturated rings. The molecule has 0 aromatic heterocycles. The van der Waals surface area contributed by atoms with Crippen LogP contribution in [0.2, 0.25) is 0 Å². The molecule has 2 heterocycles. The second-order valence-corrected chi connectivity index (χ2v) is 8.78. The Bertz CT molecular complexity index is 815. The number of hydrogen-bond acceptors (Lipinski definition) is 6. The summed E-state index contributed by atoms with van der Waals surface area (Å²) in [5.41, 5.74) is 1.25. The number of nitrogens with one attached hydrogen (secondary N) is 1. The van der Waals surface area contributed by atoms with E-state index in [2.05, 4.69) is 10.2 Å². The molecule has 2 aliphatic rings. The average Bonchev–Trinajstić information content (AvgIpc) is 3.14. The van der Waals surface area contributed by atoms with Crippen molar-refractivity contribution in [3.05, 3.63) is 29.8 Å². The highest BCUT2D eigenvalue weighted by molar-refractivity contribution is 6.00. The van der Waals surface area contributed by atoms with Crippen molar-refractivity contribution >= 4 is 29.9 Å². The lowest BCUT2D eigenvalue weighted by Crippen LogP contribution is -2.45. The Morgan fingerprint density at radius 2 is 1.93 bits per heavy atom. The summed E-state index contributed by atoms with van der Waals surface area (Å²) in [6.07, 6.45) is 1.86. The number of hydrogen-bond donors (Lipinski definition) is 1. The van der Waals surface area contributed by atoms with Gasteiger partial charge in [-0.2, -0.15) is 0 Å². The predicted molar refractivity (Wildman–Crippen MR) is 111 cm³/mol. The van der Waals surface area contributed by atoms with Gasteiger partial charge in [-0.1, -0.05) is 12.1 Å². The van der Waals surface area contributed by atoms with Crippen molar-refractivity contribution in [1.29, 1.82) is 0 Å². The van der Waals surface area contributed by atoms with Crippen molar-refractivity contribution < 1.29 is 23.9 Å². The summed E-state index contributed by atoms with van der Waals surface area (Å²) in [5.74, 6) is -0.777. The van der Waals surface area contributed by atoms with Crippen LogP contribution >= 0.6 is 0 Å². The van der Waals surface area contributed by atoms with Crippen LogP contribution in [-0.4, -0.2) is 60.4 Å². The molecule has 0 spiro atoms. The van der Waals surface area contributed by atoms with E-state index in [-0.39, 0.29) is 30.3 Å². The number of nitrogens with zero attached hydrogens (tertiary/aromatic N) is 2. The van der Waals surface area contributed by atoms with Crippen LogP contribution in [-0.2, 0) is 19.1 Å². The molecule has 30 heavy (non-hydrogen) atoms. The molecule has 0 radical (unpaired) electrons. The lowest BCUT2D eigenvalue weighted by atomic mass is 9.90. The van der Waals surface area contributed by atoms with Crippen LogP contribution in [0.3, 0.4) is 0 Å². The quantitative estimate of drug-likeness (QED) is 0.585. The van der Waals surface area contributed by atoms with E-state index in [0.717, 1.165) is 30.5 Å². The maximum absolute atomic E-state index is 12.5. The summed E-state index contributed by atoms with van der Waals surface area (Å²) in [5, 5.41) is 2.39. The topological polar surface area (TPSA) is 96.0 Å². The molecule has 2 atom stereocenters. The molecular weight excluding hydrogens is 386 g/mol. The summed E-state index contributed by atoms with van der Waals surface area (Å²) in [6.45, 7) is 6.76. The first-order valence-corrected chi connectivity index (χ1v) is 10.3. The van der Waals surface area contributed by atoms with E-state index >= 15 is 0 Å². The van der Waals surface area contributed by atoms with Crippen molar-refractivity contribution in [3.63, 3.8) is 0 Å². The molecule has 0 bridgehead atoms. The van der Waals surface area contributed by atoms with Gasteiger partial charge in [0.25, 0.3) is 0 Å². The summed E-state index contributed by atoms with van der Waals surface area (Å²) < 4.78 is 5.45. The highest BCUT2D eigenvalue weighted by atomic mass is 16.6. The highest BCUT2D eigenvalue weighted by Crippen LogP contribution is 2.29. The maximum atomic E-state index is 12.5. The van der Waals surface area contributed by atoms with E-state index in [1.54, 1.807) is 20.8 Å². The van der Waals surface area contributed by atoms with E-state index in [9.17, 15) is 19.2 Å². The van der Waals surface area contributed by atoms with E-state index in [0.29, 0.717) is 19.4 Å². The van der Waals surface area contributed by atoms with Gasteiger partial charge in [-0.25, -0.2) is 4.79 Å². The van der Waals surface area contributed by atoms with Crippen molar-refractivity contribution in [2.24, 2.45) is 0 Å². The molecule has 2 aliphatic heterocycles. The van der Waals surface area contributed by atoms with Gasteiger partial charge in [0.1, 0.15) is 11.9 Å². The third-order valence-electron chi connectivity index (χ3n) is 5.40. The molecule has 1 aromatic rings. The smallest absolute Gasteiger partial charge is 0.410 e. The molecule has 8 heteroatoms. The lowest BCUT2D eigenvalue weighted by molar-refractivity contribution is -0.134. The van der Waals surface area contributed by atoms with Gasteiger partial charge in [0.05, 0.1) is 18.5 Å². The Kier molecular flexibility index (Phi) is 6.43. The fourth-order valence-corrected chi connectivity index (χ4v) is 3.93. The zero-order chi connectivity index (χ0) is 21.9. The fourth-order valence-electron chi connectivity index (χ4n) is 3.93. The lowest BCUT2D eigenvalue weighted by Gasteiger charge is -2.30. The van der Waals surface area contributed by atoms with Crippen LogP contribution in [0.15, 0.2) is 24.3 Å². The fraction of sp³-hybridized carbons (Fsp3) is 0.545. The second kappa shape index (κ2) is 8.85. The summed E-state index contributed by atoms with van der Waals surface area (Å²) in [4.78, 5) is 50.7.